The summed E-state index contributed by atoms with van der Waals surface area (Å²) < 4.78 is 1.96. The normalized spacial score (nSPS) is 14.6. The Labute approximate surface area is 121 Å². The molecule has 0 aromatic carbocycles. The first kappa shape index (κ1) is 13.2. The molecule has 2 unspecified atom stereocenters. The van der Waals surface area contributed by atoms with Crippen molar-refractivity contribution in [3.05, 3.63) is 49.3 Å². The summed E-state index contributed by atoms with van der Waals surface area (Å²) in [4.78, 5) is 4.28. The van der Waals surface area contributed by atoms with Crippen LogP contribution >= 0.6 is 43.2 Å². The van der Waals surface area contributed by atoms with Crippen LogP contribution in [0.1, 0.15) is 30.2 Å². The number of pyridine rings is 1. The molecule has 2 aromatic heterocycles. The van der Waals surface area contributed by atoms with Crippen LogP contribution in [0.15, 0.2) is 38.0 Å². The van der Waals surface area contributed by atoms with E-state index in [1.165, 1.54) is 0 Å². The van der Waals surface area contributed by atoms with Crippen molar-refractivity contribution >= 4 is 43.2 Å². The van der Waals surface area contributed by atoms with Gasteiger partial charge in [-0.2, -0.15) is 0 Å². The van der Waals surface area contributed by atoms with Gasteiger partial charge in [-0.3, -0.25) is 4.98 Å². The van der Waals surface area contributed by atoms with Crippen LogP contribution in [0.25, 0.3) is 0 Å². The second-order valence-corrected chi connectivity index (χ2v) is 7.52. The van der Waals surface area contributed by atoms with Gasteiger partial charge in [0, 0.05) is 23.4 Å². The lowest BCUT2D eigenvalue weighted by Crippen LogP contribution is -2.08. The summed E-state index contributed by atoms with van der Waals surface area (Å²) >= 11 is 8.45. The van der Waals surface area contributed by atoms with Crippen molar-refractivity contribution < 1.29 is 5.11 Å². The molecular formula is C12H11Br2NOS. The minimum Gasteiger partial charge on any atom is -0.388 e. The van der Waals surface area contributed by atoms with E-state index in [0.29, 0.717) is 0 Å². The Morgan fingerprint density at radius 1 is 1.35 bits per heavy atom. The van der Waals surface area contributed by atoms with E-state index in [-0.39, 0.29) is 5.92 Å². The van der Waals surface area contributed by atoms with E-state index >= 15 is 0 Å². The zero-order chi connectivity index (χ0) is 12.4. The summed E-state index contributed by atoms with van der Waals surface area (Å²) in [6, 6.07) is 7.69. The first-order valence-electron chi connectivity index (χ1n) is 5.13. The third kappa shape index (κ3) is 2.96. The molecule has 0 aliphatic heterocycles. The number of aliphatic hydroxyl groups excluding tert-OH is 1. The first-order valence-corrected chi connectivity index (χ1v) is 7.53. The number of halogens is 2. The molecule has 2 heterocycles. The predicted molar refractivity (Wildman–Crippen MR) is 77.3 cm³/mol. The second kappa shape index (κ2) is 5.61. The van der Waals surface area contributed by atoms with Crippen molar-refractivity contribution in [3.8, 4) is 0 Å². The van der Waals surface area contributed by atoms with Crippen LogP contribution in [0.5, 0.6) is 0 Å². The summed E-state index contributed by atoms with van der Waals surface area (Å²) in [6.45, 7) is 1.98. The minimum atomic E-state index is -0.554. The number of hydrogen-bond donors (Lipinski definition) is 1. The molecule has 2 nitrogen and oxygen atoms in total. The van der Waals surface area contributed by atoms with Crippen LogP contribution in [0, 0.1) is 0 Å². The highest BCUT2D eigenvalue weighted by Crippen LogP contribution is 2.40. The Bertz CT molecular complexity index is 500. The molecule has 0 saturated heterocycles. The fourth-order valence-corrected chi connectivity index (χ4v) is 4.54. The minimum absolute atomic E-state index is 0.0333. The maximum atomic E-state index is 10.4. The number of hydrogen-bond acceptors (Lipinski definition) is 3. The van der Waals surface area contributed by atoms with Crippen molar-refractivity contribution in [1.29, 1.82) is 0 Å². The third-order valence-corrected chi connectivity index (χ3v) is 5.02. The van der Waals surface area contributed by atoms with Gasteiger partial charge in [-0.05, 0) is 50.1 Å². The molecule has 2 atom stereocenters. The number of thiophene rings is 1. The van der Waals surface area contributed by atoms with Crippen LogP contribution in [0.3, 0.4) is 0 Å². The smallest absolute Gasteiger partial charge is 0.0890 e. The van der Waals surface area contributed by atoms with Crippen LogP contribution in [0.2, 0.25) is 0 Å². The summed E-state index contributed by atoms with van der Waals surface area (Å²) in [5.41, 5.74) is 1.80. The van der Waals surface area contributed by atoms with Gasteiger partial charge in [0.15, 0.2) is 0 Å². The number of rotatable bonds is 3. The van der Waals surface area contributed by atoms with Gasteiger partial charge in [0.25, 0.3) is 0 Å². The van der Waals surface area contributed by atoms with Gasteiger partial charge in [-0.15, -0.1) is 11.3 Å². The summed E-state index contributed by atoms with van der Waals surface area (Å²) in [5, 5.41) is 10.4. The number of aliphatic hydroxyl groups is 1. The molecule has 90 valence electrons. The van der Waals surface area contributed by atoms with E-state index in [0.717, 1.165) is 18.8 Å². The van der Waals surface area contributed by atoms with Gasteiger partial charge in [0.05, 0.1) is 13.7 Å². The van der Waals surface area contributed by atoms with Crippen molar-refractivity contribution in [2.24, 2.45) is 0 Å². The first-order chi connectivity index (χ1) is 8.09. The fourth-order valence-electron chi connectivity index (χ4n) is 1.63. The monoisotopic (exact) mass is 375 g/mol. The SMILES string of the molecule is CC(c1ccccn1)C(O)c1cc(Br)sc1Br. The Hall–Kier alpha value is -0.230. The molecule has 1 N–H and O–H groups in total. The Balaban J connectivity index is 2.26. The van der Waals surface area contributed by atoms with Crippen LogP contribution in [-0.4, -0.2) is 10.1 Å². The van der Waals surface area contributed by atoms with Crippen molar-refractivity contribution in [2.45, 2.75) is 18.9 Å². The average Bonchev–Trinajstić information content (AvgIpc) is 2.68. The second-order valence-electron chi connectivity index (χ2n) is 3.77. The number of aromatic nitrogens is 1. The Morgan fingerprint density at radius 2 is 2.12 bits per heavy atom. The van der Waals surface area contributed by atoms with E-state index in [1.807, 2.05) is 31.2 Å². The van der Waals surface area contributed by atoms with Gasteiger partial charge < -0.3 is 5.11 Å². The molecule has 0 aliphatic carbocycles. The highest BCUT2D eigenvalue weighted by molar-refractivity contribution is 9.12. The molecule has 2 rings (SSSR count). The Morgan fingerprint density at radius 3 is 2.65 bits per heavy atom. The van der Waals surface area contributed by atoms with Crippen LogP contribution < -0.4 is 0 Å². The van der Waals surface area contributed by atoms with Crippen LogP contribution in [0.4, 0.5) is 0 Å². The number of nitrogens with zero attached hydrogens (tertiary/aromatic N) is 1. The van der Waals surface area contributed by atoms with Crippen molar-refractivity contribution in [1.82, 2.24) is 4.98 Å². The fraction of sp³-hybridized carbons (Fsp3) is 0.250. The largest absolute Gasteiger partial charge is 0.388 e. The topological polar surface area (TPSA) is 33.1 Å². The quantitative estimate of drug-likeness (QED) is 0.854. The van der Waals surface area contributed by atoms with Gasteiger partial charge in [0.1, 0.15) is 0 Å². The molecule has 0 bridgehead atoms. The van der Waals surface area contributed by atoms with Crippen molar-refractivity contribution in [3.63, 3.8) is 0 Å². The summed E-state index contributed by atoms with van der Waals surface area (Å²) in [6.07, 6.45) is 1.19. The molecule has 0 saturated carbocycles. The zero-order valence-corrected chi connectivity index (χ0v) is 13.1. The lowest BCUT2D eigenvalue weighted by Gasteiger charge is -2.17. The maximum absolute atomic E-state index is 10.4. The highest BCUT2D eigenvalue weighted by atomic mass is 79.9. The maximum Gasteiger partial charge on any atom is 0.0890 e. The third-order valence-electron chi connectivity index (χ3n) is 2.63. The molecule has 5 heteroatoms. The molecule has 2 aromatic rings. The molecular weight excluding hydrogens is 366 g/mol. The van der Waals surface area contributed by atoms with Crippen molar-refractivity contribution in [2.75, 3.05) is 0 Å². The molecule has 0 amide bonds. The molecule has 0 fully saturated rings. The average molecular weight is 377 g/mol. The predicted octanol–water partition coefficient (Wildman–Crippen LogP) is 4.51. The molecule has 0 spiro atoms. The van der Waals surface area contributed by atoms with Gasteiger partial charge in [-0.25, -0.2) is 0 Å². The van der Waals surface area contributed by atoms with Crippen LogP contribution in [-0.2, 0) is 0 Å². The molecule has 0 aliphatic rings. The molecule has 0 radical (unpaired) electrons. The summed E-state index contributed by atoms with van der Waals surface area (Å²) in [7, 11) is 0. The molecule has 17 heavy (non-hydrogen) atoms. The Kier molecular flexibility index (Phi) is 4.36. The highest BCUT2D eigenvalue weighted by Gasteiger charge is 2.22. The standard InChI is InChI=1S/C12H11Br2NOS/c1-7(9-4-2-3-5-15-9)11(16)8-6-10(13)17-12(8)14/h2-7,11,16H,1H3. The van der Waals surface area contributed by atoms with Gasteiger partial charge >= 0.3 is 0 Å². The van der Waals surface area contributed by atoms with Gasteiger partial charge in [-0.1, -0.05) is 13.0 Å². The van der Waals surface area contributed by atoms with E-state index in [2.05, 4.69) is 36.8 Å². The van der Waals surface area contributed by atoms with Gasteiger partial charge in [0.2, 0.25) is 0 Å². The summed E-state index contributed by atoms with van der Waals surface area (Å²) in [5.74, 6) is -0.0333. The lowest BCUT2D eigenvalue weighted by molar-refractivity contribution is 0.150. The zero-order valence-electron chi connectivity index (χ0n) is 9.10. The van der Waals surface area contributed by atoms with E-state index in [1.54, 1.807) is 17.5 Å². The lowest BCUT2D eigenvalue weighted by atomic mass is 9.96. The van der Waals surface area contributed by atoms with E-state index in [9.17, 15) is 5.11 Å². The van der Waals surface area contributed by atoms with E-state index < -0.39 is 6.10 Å². The van der Waals surface area contributed by atoms with E-state index in [4.69, 9.17) is 0 Å².